The van der Waals surface area contributed by atoms with Gasteiger partial charge >= 0.3 is 5.97 Å². The second-order valence-corrected chi connectivity index (χ2v) is 7.96. The lowest BCUT2D eigenvalue weighted by atomic mass is 10.1. The van der Waals surface area contributed by atoms with Crippen molar-refractivity contribution in [1.29, 1.82) is 0 Å². The predicted molar refractivity (Wildman–Crippen MR) is 113 cm³/mol. The van der Waals surface area contributed by atoms with Gasteiger partial charge in [-0.25, -0.2) is 4.79 Å². The Morgan fingerprint density at radius 2 is 1.83 bits per heavy atom. The zero-order chi connectivity index (χ0) is 21.6. The molecule has 0 radical (unpaired) electrons. The van der Waals surface area contributed by atoms with Crippen molar-refractivity contribution in [2.24, 2.45) is 0 Å². The number of hydrogen-bond donors (Lipinski definition) is 0. The number of ketones is 2. The molecule has 7 heteroatoms. The molecule has 0 amide bonds. The Morgan fingerprint density at radius 1 is 1.14 bits per heavy atom. The molecule has 0 aliphatic rings. The summed E-state index contributed by atoms with van der Waals surface area (Å²) < 4.78 is 12.5. The standard InChI is InChI=1S/C22H27NO5S/c1-14-10-19(17(4)23(14)15(2)11-27-5)20(25)12-28-22(26)18-8-6-7-9-21(18)29-13-16(3)24/h6-10,15H,11-13H2,1-5H3/t15-/m1/s1. The third-order valence-electron chi connectivity index (χ3n) is 4.51. The fourth-order valence-corrected chi connectivity index (χ4v) is 4.12. The average Bonchev–Trinajstić information content (AvgIpc) is 2.98. The molecule has 1 heterocycles. The predicted octanol–water partition coefficient (Wildman–Crippen LogP) is 4.03. The number of carbonyl (C=O) groups is 3. The number of aromatic nitrogens is 1. The maximum Gasteiger partial charge on any atom is 0.339 e. The van der Waals surface area contributed by atoms with E-state index in [0.29, 0.717) is 22.6 Å². The number of Topliss-reactive ketones (excluding diaryl/α,β-unsaturated/α-hetero) is 2. The lowest BCUT2D eigenvalue weighted by molar-refractivity contribution is -0.114. The van der Waals surface area contributed by atoms with E-state index in [4.69, 9.17) is 9.47 Å². The molecule has 1 atom stereocenters. The van der Waals surface area contributed by atoms with Gasteiger partial charge < -0.3 is 14.0 Å². The second kappa shape index (κ2) is 10.4. The minimum Gasteiger partial charge on any atom is -0.454 e. The van der Waals surface area contributed by atoms with E-state index in [0.717, 1.165) is 11.4 Å². The van der Waals surface area contributed by atoms with Crippen LogP contribution >= 0.6 is 11.8 Å². The number of methoxy groups -OCH3 is 1. The van der Waals surface area contributed by atoms with Gasteiger partial charge in [-0.15, -0.1) is 11.8 Å². The number of thioether (sulfide) groups is 1. The quantitative estimate of drug-likeness (QED) is 0.330. The molecule has 0 fully saturated rings. The lowest BCUT2D eigenvalue weighted by Gasteiger charge is -2.17. The van der Waals surface area contributed by atoms with Crippen LogP contribution in [0.15, 0.2) is 35.2 Å². The molecule has 0 bridgehead atoms. The molecule has 0 unspecified atom stereocenters. The molecule has 2 rings (SSSR count). The van der Waals surface area contributed by atoms with Crippen molar-refractivity contribution in [2.45, 2.75) is 38.6 Å². The van der Waals surface area contributed by atoms with E-state index in [9.17, 15) is 14.4 Å². The van der Waals surface area contributed by atoms with Crippen molar-refractivity contribution in [3.63, 3.8) is 0 Å². The molecule has 0 aliphatic carbocycles. The van der Waals surface area contributed by atoms with Crippen LogP contribution in [0.1, 0.15) is 52.0 Å². The van der Waals surface area contributed by atoms with Gasteiger partial charge in [0.15, 0.2) is 6.61 Å². The van der Waals surface area contributed by atoms with Crippen LogP contribution in [0.25, 0.3) is 0 Å². The van der Waals surface area contributed by atoms with Gasteiger partial charge in [0, 0.05) is 29.0 Å². The maximum atomic E-state index is 12.7. The third kappa shape index (κ3) is 5.81. The summed E-state index contributed by atoms with van der Waals surface area (Å²) in [6.45, 7) is 7.53. The van der Waals surface area contributed by atoms with Gasteiger partial charge in [0.25, 0.3) is 0 Å². The highest BCUT2D eigenvalue weighted by atomic mass is 32.2. The molecule has 156 valence electrons. The zero-order valence-corrected chi connectivity index (χ0v) is 18.3. The molecule has 1 aromatic carbocycles. The van der Waals surface area contributed by atoms with Crippen molar-refractivity contribution in [2.75, 3.05) is 26.1 Å². The first-order chi connectivity index (χ1) is 13.8. The van der Waals surface area contributed by atoms with E-state index in [1.165, 1.54) is 18.7 Å². The summed E-state index contributed by atoms with van der Waals surface area (Å²) in [6.07, 6.45) is 0. The summed E-state index contributed by atoms with van der Waals surface area (Å²) in [4.78, 5) is 37.1. The van der Waals surface area contributed by atoms with Crippen LogP contribution in [0.4, 0.5) is 0 Å². The van der Waals surface area contributed by atoms with Crippen molar-refractivity contribution in [3.05, 3.63) is 52.8 Å². The molecule has 1 aromatic heterocycles. The highest BCUT2D eigenvalue weighted by molar-refractivity contribution is 8.00. The van der Waals surface area contributed by atoms with Gasteiger partial charge in [-0.2, -0.15) is 0 Å². The Hall–Kier alpha value is -2.38. The number of ether oxygens (including phenoxy) is 2. The molecular formula is C22H27NO5S. The van der Waals surface area contributed by atoms with Crippen molar-refractivity contribution in [1.82, 2.24) is 4.57 Å². The van der Waals surface area contributed by atoms with Gasteiger partial charge in [0.05, 0.1) is 24.0 Å². The van der Waals surface area contributed by atoms with Crippen LogP contribution in [0.2, 0.25) is 0 Å². The Morgan fingerprint density at radius 3 is 2.48 bits per heavy atom. The molecule has 6 nitrogen and oxygen atoms in total. The number of nitrogens with zero attached hydrogens (tertiary/aromatic N) is 1. The number of esters is 1. The Kier molecular flexibility index (Phi) is 8.22. The number of rotatable bonds is 10. The highest BCUT2D eigenvalue weighted by Crippen LogP contribution is 2.24. The first-order valence-electron chi connectivity index (χ1n) is 9.35. The van der Waals surface area contributed by atoms with Crippen LogP contribution in [0.3, 0.4) is 0 Å². The molecule has 0 N–H and O–H groups in total. The summed E-state index contributed by atoms with van der Waals surface area (Å²) in [5, 5.41) is 0. The van der Waals surface area contributed by atoms with Gasteiger partial charge in [0.2, 0.25) is 5.78 Å². The Balaban J connectivity index is 2.09. The van der Waals surface area contributed by atoms with E-state index >= 15 is 0 Å². The Labute approximate surface area is 175 Å². The number of aryl methyl sites for hydroxylation is 1. The van der Waals surface area contributed by atoms with Crippen LogP contribution in [0.5, 0.6) is 0 Å². The Bertz CT molecular complexity index is 903. The molecule has 0 saturated heterocycles. The first kappa shape index (κ1) is 22.9. The SMILES string of the molecule is COC[C@@H](C)n1c(C)cc(C(=O)COC(=O)c2ccccc2SCC(C)=O)c1C. The maximum absolute atomic E-state index is 12.7. The van der Waals surface area contributed by atoms with Crippen LogP contribution in [0, 0.1) is 13.8 Å². The van der Waals surface area contributed by atoms with E-state index in [2.05, 4.69) is 0 Å². The second-order valence-electron chi connectivity index (χ2n) is 6.95. The van der Waals surface area contributed by atoms with Gasteiger partial charge in [-0.1, -0.05) is 12.1 Å². The molecular weight excluding hydrogens is 390 g/mol. The van der Waals surface area contributed by atoms with E-state index < -0.39 is 5.97 Å². The summed E-state index contributed by atoms with van der Waals surface area (Å²) in [5.74, 6) is -0.538. The largest absolute Gasteiger partial charge is 0.454 e. The lowest BCUT2D eigenvalue weighted by Crippen LogP contribution is -2.17. The zero-order valence-electron chi connectivity index (χ0n) is 17.5. The summed E-state index contributed by atoms with van der Waals surface area (Å²) in [7, 11) is 1.64. The minimum atomic E-state index is -0.577. The highest BCUT2D eigenvalue weighted by Gasteiger charge is 2.21. The van der Waals surface area contributed by atoms with E-state index in [-0.39, 0.29) is 30.0 Å². The summed E-state index contributed by atoms with van der Waals surface area (Å²) >= 11 is 1.28. The molecule has 2 aromatic rings. The monoisotopic (exact) mass is 417 g/mol. The van der Waals surface area contributed by atoms with Gasteiger partial charge in [0.1, 0.15) is 5.78 Å². The van der Waals surface area contributed by atoms with Crippen molar-refractivity contribution in [3.8, 4) is 0 Å². The van der Waals surface area contributed by atoms with Crippen LogP contribution in [-0.4, -0.2) is 48.2 Å². The fraction of sp³-hybridized carbons (Fsp3) is 0.409. The number of carbonyl (C=O) groups excluding carboxylic acids is 3. The fourth-order valence-electron chi connectivity index (χ4n) is 3.28. The number of benzene rings is 1. The van der Waals surface area contributed by atoms with Crippen LogP contribution in [-0.2, 0) is 14.3 Å². The van der Waals surface area contributed by atoms with Crippen LogP contribution < -0.4 is 0 Å². The normalized spacial score (nSPS) is 11.9. The molecule has 0 spiro atoms. The first-order valence-corrected chi connectivity index (χ1v) is 10.3. The molecule has 0 aliphatic heterocycles. The topological polar surface area (TPSA) is 74.6 Å². The van der Waals surface area contributed by atoms with E-state index in [1.54, 1.807) is 31.4 Å². The third-order valence-corrected chi connectivity index (χ3v) is 5.72. The van der Waals surface area contributed by atoms with Gasteiger partial charge in [-0.05, 0) is 45.9 Å². The average molecular weight is 418 g/mol. The minimum absolute atomic E-state index is 0.0198. The number of hydrogen-bond acceptors (Lipinski definition) is 6. The summed E-state index contributed by atoms with van der Waals surface area (Å²) in [5.41, 5.74) is 2.67. The smallest absolute Gasteiger partial charge is 0.339 e. The van der Waals surface area contributed by atoms with E-state index in [1.807, 2.05) is 31.4 Å². The molecule has 0 saturated carbocycles. The molecule has 29 heavy (non-hydrogen) atoms. The van der Waals surface area contributed by atoms with Crippen molar-refractivity contribution < 1.29 is 23.9 Å². The summed E-state index contributed by atoms with van der Waals surface area (Å²) in [6, 6.07) is 8.81. The van der Waals surface area contributed by atoms with Gasteiger partial charge in [-0.3, -0.25) is 9.59 Å². The van der Waals surface area contributed by atoms with Crippen molar-refractivity contribution >= 4 is 29.3 Å².